The van der Waals surface area contributed by atoms with Gasteiger partial charge in [0.1, 0.15) is 17.4 Å². The van der Waals surface area contributed by atoms with Gasteiger partial charge < -0.3 is 20.5 Å². The minimum atomic E-state index is -0.879. The molecule has 2 aliphatic heterocycles. The van der Waals surface area contributed by atoms with E-state index < -0.39 is 12.0 Å². The van der Waals surface area contributed by atoms with Crippen LogP contribution < -0.4 is 15.4 Å². The molecule has 0 radical (unpaired) electrons. The number of aromatic nitrogens is 4. The lowest BCUT2D eigenvalue weighted by Crippen LogP contribution is -2.19. The highest BCUT2D eigenvalue weighted by molar-refractivity contribution is 5.81. The second-order valence-electron chi connectivity index (χ2n) is 9.67. The van der Waals surface area contributed by atoms with Gasteiger partial charge in [0.15, 0.2) is 0 Å². The van der Waals surface area contributed by atoms with Crippen molar-refractivity contribution in [3.8, 4) is 5.75 Å². The zero-order valence-corrected chi connectivity index (χ0v) is 20.6. The topological polar surface area (TPSA) is 114 Å². The Balaban J connectivity index is 1.19. The molecule has 0 spiro atoms. The molecular formula is C28H30N6O3. The molecule has 6 rings (SSSR count). The minimum Gasteiger partial charge on any atom is -0.493 e. The largest absolute Gasteiger partial charge is 0.493 e. The van der Waals surface area contributed by atoms with Crippen molar-refractivity contribution in [2.45, 2.75) is 44.6 Å². The Morgan fingerprint density at radius 1 is 1.03 bits per heavy atom. The average molecular weight is 499 g/mol. The first-order valence-corrected chi connectivity index (χ1v) is 12.9. The molecule has 190 valence electrons. The zero-order chi connectivity index (χ0) is 25.2. The fourth-order valence-electron chi connectivity index (χ4n) is 5.21. The lowest BCUT2D eigenvalue weighted by Gasteiger charge is -2.21. The Hall–Kier alpha value is -4.14. The number of ether oxygens (including phenoxy) is 1. The van der Waals surface area contributed by atoms with E-state index in [1.807, 2.05) is 18.2 Å². The molecule has 1 aromatic carbocycles. The molecule has 1 unspecified atom stereocenters. The van der Waals surface area contributed by atoms with Crippen LogP contribution in [0.15, 0.2) is 48.8 Å². The molecule has 9 nitrogen and oxygen atoms in total. The Bertz CT molecular complexity index is 1450. The molecule has 0 saturated carbocycles. The fourth-order valence-corrected chi connectivity index (χ4v) is 5.21. The van der Waals surface area contributed by atoms with Gasteiger partial charge in [-0.1, -0.05) is 6.07 Å². The van der Waals surface area contributed by atoms with Gasteiger partial charge in [0, 0.05) is 36.8 Å². The first kappa shape index (κ1) is 23.3. The Kier molecular flexibility index (Phi) is 6.34. The third-order valence-corrected chi connectivity index (χ3v) is 7.10. The lowest BCUT2D eigenvalue weighted by atomic mass is 10.00. The fraction of sp³-hybridized carbons (Fsp3) is 0.357. The highest BCUT2D eigenvalue weighted by atomic mass is 16.5. The number of pyridine rings is 2. The van der Waals surface area contributed by atoms with Crippen molar-refractivity contribution < 1.29 is 14.6 Å². The van der Waals surface area contributed by atoms with Crippen molar-refractivity contribution in [1.82, 2.24) is 19.7 Å². The Morgan fingerprint density at radius 3 is 2.73 bits per heavy atom. The molecule has 5 heterocycles. The maximum absolute atomic E-state index is 11.8. The SMILES string of the molecule is O=C(O)CC(c1cnc2c(c1)CCCN2)n1ncc2cc(OCCc3ccc4c(n3)NCCC4)ccc21. The molecular weight excluding hydrogens is 468 g/mol. The number of nitrogens with one attached hydrogen (secondary N) is 2. The van der Waals surface area contributed by atoms with Gasteiger partial charge in [-0.25, -0.2) is 9.97 Å². The van der Waals surface area contributed by atoms with Crippen LogP contribution in [0.3, 0.4) is 0 Å². The number of anilines is 2. The van der Waals surface area contributed by atoms with Gasteiger partial charge in [0.25, 0.3) is 0 Å². The molecule has 1 atom stereocenters. The molecule has 0 bridgehead atoms. The van der Waals surface area contributed by atoms with Crippen LogP contribution in [0.1, 0.15) is 47.7 Å². The predicted molar refractivity (Wildman–Crippen MR) is 141 cm³/mol. The predicted octanol–water partition coefficient (Wildman–Crippen LogP) is 4.23. The smallest absolute Gasteiger partial charge is 0.305 e. The number of carboxylic acid groups (broad SMARTS) is 1. The van der Waals surface area contributed by atoms with Gasteiger partial charge in [0.05, 0.1) is 30.8 Å². The van der Waals surface area contributed by atoms with Crippen LogP contribution in [0.5, 0.6) is 5.75 Å². The summed E-state index contributed by atoms with van der Waals surface area (Å²) >= 11 is 0. The number of hydrogen-bond acceptors (Lipinski definition) is 7. The highest BCUT2D eigenvalue weighted by Crippen LogP contribution is 2.31. The summed E-state index contributed by atoms with van der Waals surface area (Å²) in [7, 11) is 0. The first-order valence-electron chi connectivity index (χ1n) is 12.9. The second-order valence-corrected chi connectivity index (χ2v) is 9.67. The van der Waals surface area contributed by atoms with Crippen molar-refractivity contribution >= 4 is 28.5 Å². The second kappa shape index (κ2) is 10.1. The molecule has 4 aromatic rings. The number of aryl methyl sites for hydroxylation is 2. The van der Waals surface area contributed by atoms with Crippen molar-refractivity contribution in [2.75, 3.05) is 30.3 Å². The molecule has 0 aliphatic carbocycles. The van der Waals surface area contributed by atoms with Gasteiger partial charge >= 0.3 is 5.97 Å². The monoisotopic (exact) mass is 498 g/mol. The molecule has 0 amide bonds. The van der Waals surface area contributed by atoms with Crippen LogP contribution in [0.4, 0.5) is 11.6 Å². The van der Waals surface area contributed by atoms with E-state index in [0.717, 1.165) is 83.9 Å². The van der Waals surface area contributed by atoms with Crippen LogP contribution in [0.2, 0.25) is 0 Å². The maximum atomic E-state index is 11.8. The van der Waals surface area contributed by atoms with E-state index in [0.29, 0.717) is 13.0 Å². The molecule has 37 heavy (non-hydrogen) atoms. The van der Waals surface area contributed by atoms with Crippen LogP contribution in [0.25, 0.3) is 10.9 Å². The average Bonchev–Trinajstić information content (AvgIpc) is 3.34. The van der Waals surface area contributed by atoms with Gasteiger partial charge in [-0.3, -0.25) is 9.48 Å². The summed E-state index contributed by atoms with van der Waals surface area (Å²) in [5.74, 6) is 1.76. The molecule has 0 fully saturated rings. The Morgan fingerprint density at radius 2 is 1.86 bits per heavy atom. The number of rotatable bonds is 8. The van der Waals surface area contributed by atoms with E-state index in [-0.39, 0.29) is 6.42 Å². The minimum absolute atomic E-state index is 0.0778. The molecule has 2 aliphatic rings. The van der Waals surface area contributed by atoms with E-state index in [1.54, 1.807) is 17.1 Å². The van der Waals surface area contributed by atoms with Crippen molar-refractivity contribution in [2.24, 2.45) is 0 Å². The first-order chi connectivity index (χ1) is 18.1. The van der Waals surface area contributed by atoms with Crippen LogP contribution >= 0.6 is 0 Å². The number of nitrogens with zero attached hydrogens (tertiary/aromatic N) is 4. The van der Waals surface area contributed by atoms with Gasteiger partial charge in [-0.05, 0) is 72.7 Å². The summed E-state index contributed by atoms with van der Waals surface area (Å²) in [6, 6.07) is 11.7. The van der Waals surface area contributed by atoms with Crippen LogP contribution in [-0.4, -0.2) is 50.5 Å². The van der Waals surface area contributed by atoms with Crippen molar-refractivity contribution in [1.29, 1.82) is 0 Å². The standard InChI is InChI=1S/C28H30N6O3/c35-26(36)15-25(20-13-19-4-2-10-29-27(19)31-16-20)34-24-8-7-23(14-21(24)17-32-34)37-12-9-22-6-5-18-3-1-11-30-28(18)33-22/h5-8,13-14,16-17,25H,1-4,9-12,15H2,(H,29,31)(H,30,33)(H,35,36). The summed E-state index contributed by atoms with van der Waals surface area (Å²) < 4.78 is 7.82. The number of carbonyl (C=O) groups is 1. The highest BCUT2D eigenvalue weighted by Gasteiger charge is 2.23. The van der Waals surface area contributed by atoms with E-state index in [1.165, 1.54) is 5.56 Å². The number of carboxylic acids is 1. The lowest BCUT2D eigenvalue weighted by molar-refractivity contribution is -0.137. The quantitative estimate of drug-likeness (QED) is 0.331. The van der Waals surface area contributed by atoms with Crippen LogP contribution in [0, 0.1) is 0 Å². The molecule has 3 N–H and O–H groups in total. The zero-order valence-electron chi connectivity index (χ0n) is 20.6. The summed E-state index contributed by atoms with van der Waals surface area (Å²) in [5, 5.41) is 21.8. The van der Waals surface area contributed by atoms with Gasteiger partial charge in [0.2, 0.25) is 0 Å². The summed E-state index contributed by atoms with van der Waals surface area (Å²) in [6.45, 7) is 2.40. The number of benzene rings is 1. The number of fused-ring (bicyclic) bond motifs is 3. The van der Waals surface area contributed by atoms with E-state index in [9.17, 15) is 9.90 Å². The Labute approximate surface area is 214 Å². The maximum Gasteiger partial charge on any atom is 0.305 e. The van der Waals surface area contributed by atoms with Gasteiger partial charge in [-0.15, -0.1) is 0 Å². The summed E-state index contributed by atoms with van der Waals surface area (Å²) in [6.07, 6.45) is 8.36. The van der Waals surface area contributed by atoms with E-state index in [4.69, 9.17) is 9.72 Å². The van der Waals surface area contributed by atoms with Gasteiger partial charge in [-0.2, -0.15) is 5.10 Å². The number of hydrogen-bond donors (Lipinski definition) is 3. The molecule has 0 saturated heterocycles. The van der Waals surface area contributed by atoms with Crippen molar-refractivity contribution in [3.63, 3.8) is 0 Å². The van der Waals surface area contributed by atoms with Crippen molar-refractivity contribution in [3.05, 3.63) is 71.2 Å². The third kappa shape index (κ3) is 4.94. The number of aliphatic carboxylic acids is 1. The van der Waals surface area contributed by atoms with E-state index in [2.05, 4.69) is 38.9 Å². The summed E-state index contributed by atoms with van der Waals surface area (Å²) in [5.41, 5.74) is 5.12. The third-order valence-electron chi connectivity index (χ3n) is 7.10. The molecule has 9 heteroatoms. The summed E-state index contributed by atoms with van der Waals surface area (Å²) in [4.78, 5) is 21.1. The van der Waals surface area contributed by atoms with E-state index >= 15 is 0 Å². The molecule has 3 aromatic heterocycles. The van der Waals surface area contributed by atoms with Crippen LogP contribution in [-0.2, 0) is 24.1 Å². The normalized spacial score (nSPS) is 15.2.